The van der Waals surface area contributed by atoms with Gasteiger partial charge < -0.3 is 10.2 Å². The quantitative estimate of drug-likeness (QED) is 0.578. The first-order valence-electron chi connectivity index (χ1n) is 5.00. The molecule has 68 valence electrons. The predicted molar refractivity (Wildman–Crippen MR) is 50.3 cm³/mol. The fourth-order valence-electron chi connectivity index (χ4n) is 1.84. The Morgan fingerprint density at radius 3 is 3.00 bits per heavy atom. The monoisotopic (exact) mass is 167 g/mol. The lowest BCUT2D eigenvalue weighted by Crippen LogP contribution is -2.46. The minimum Gasteiger partial charge on any atom is -0.356 e. The van der Waals surface area contributed by atoms with Crippen molar-refractivity contribution in [1.82, 2.24) is 10.2 Å². The summed E-state index contributed by atoms with van der Waals surface area (Å²) in [6.45, 7) is 4.52. The molecule has 3 heteroatoms. The number of nitrogens with one attached hydrogen (secondary N) is 1. The predicted octanol–water partition coefficient (Wildman–Crippen LogP) is 0.822. The molecule has 0 aliphatic carbocycles. The Labute approximate surface area is 73.9 Å². The summed E-state index contributed by atoms with van der Waals surface area (Å²) in [5.74, 6) is 1.15. The Kier molecular flexibility index (Phi) is 2.49. The molecule has 0 atom stereocenters. The van der Waals surface area contributed by atoms with Crippen LogP contribution >= 0.6 is 0 Å². The maximum Gasteiger partial charge on any atom is 0.193 e. The lowest BCUT2D eigenvalue weighted by atomic mass is 10.2. The summed E-state index contributed by atoms with van der Waals surface area (Å²) in [5, 5.41) is 3.40. The number of fused-ring (bicyclic) bond motifs is 1. The average molecular weight is 167 g/mol. The molecular formula is C9H17N3. The molecule has 2 heterocycles. The van der Waals surface area contributed by atoms with Crippen LogP contribution in [0.3, 0.4) is 0 Å². The third-order valence-corrected chi connectivity index (χ3v) is 2.54. The van der Waals surface area contributed by atoms with Gasteiger partial charge in [-0.1, -0.05) is 0 Å². The SMILES string of the molecule is C1CCNC2=NCCCN2CC1. The Balaban J connectivity index is 2.00. The van der Waals surface area contributed by atoms with Crippen LogP contribution in [0.25, 0.3) is 0 Å². The smallest absolute Gasteiger partial charge is 0.193 e. The topological polar surface area (TPSA) is 27.6 Å². The summed E-state index contributed by atoms with van der Waals surface area (Å²) in [4.78, 5) is 6.88. The van der Waals surface area contributed by atoms with E-state index in [1.54, 1.807) is 0 Å². The van der Waals surface area contributed by atoms with Gasteiger partial charge in [0.05, 0.1) is 0 Å². The van der Waals surface area contributed by atoms with E-state index in [0.29, 0.717) is 0 Å². The number of aliphatic imine (C=N–C) groups is 1. The second-order valence-electron chi connectivity index (χ2n) is 3.53. The fourth-order valence-corrected chi connectivity index (χ4v) is 1.84. The Bertz CT molecular complexity index is 177. The van der Waals surface area contributed by atoms with Gasteiger partial charge in [0.25, 0.3) is 0 Å². The molecular weight excluding hydrogens is 150 g/mol. The van der Waals surface area contributed by atoms with Crippen molar-refractivity contribution in [3.8, 4) is 0 Å². The number of hydrogen-bond donors (Lipinski definition) is 1. The maximum absolute atomic E-state index is 4.48. The van der Waals surface area contributed by atoms with Gasteiger partial charge in [0.1, 0.15) is 0 Å². The van der Waals surface area contributed by atoms with E-state index in [2.05, 4.69) is 15.2 Å². The third kappa shape index (κ3) is 1.71. The van der Waals surface area contributed by atoms with Crippen LogP contribution in [-0.2, 0) is 0 Å². The van der Waals surface area contributed by atoms with E-state index in [-0.39, 0.29) is 0 Å². The Morgan fingerprint density at radius 2 is 2.00 bits per heavy atom. The lowest BCUT2D eigenvalue weighted by molar-refractivity contribution is 0.354. The van der Waals surface area contributed by atoms with Crippen LogP contribution in [0, 0.1) is 0 Å². The number of hydrogen-bond acceptors (Lipinski definition) is 3. The summed E-state index contributed by atoms with van der Waals surface area (Å²) in [6.07, 6.45) is 5.22. The first-order chi connectivity index (χ1) is 5.97. The first-order valence-corrected chi connectivity index (χ1v) is 5.00. The van der Waals surface area contributed by atoms with Gasteiger partial charge in [0, 0.05) is 26.2 Å². The zero-order chi connectivity index (χ0) is 8.23. The minimum absolute atomic E-state index is 1.01. The van der Waals surface area contributed by atoms with Crippen molar-refractivity contribution in [3.63, 3.8) is 0 Å². The van der Waals surface area contributed by atoms with Gasteiger partial charge in [-0.2, -0.15) is 0 Å². The maximum atomic E-state index is 4.48. The molecule has 0 saturated carbocycles. The van der Waals surface area contributed by atoms with Crippen LogP contribution in [0.5, 0.6) is 0 Å². The van der Waals surface area contributed by atoms with E-state index in [1.165, 1.54) is 38.8 Å². The van der Waals surface area contributed by atoms with Gasteiger partial charge in [0.15, 0.2) is 5.96 Å². The standard InChI is InChI=1S/C9H17N3/c1-2-5-10-9-11-6-4-8-12(9)7-3-1/h1-8H2,(H,10,11). The van der Waals surface area contributed by atoms with Crippen molar-refractivity contribution < 1.29 is 0 Å². The van der Waals surface area contributed by atoms with Crippen molar-refractivity contribution in [2.24, 2.45) is 4.99 Å². The molecule has 2 rings (SSSR count). The van der Waals surface area contributed by atoms with E-state index in [0.717, 1.165) is 19.0 Å². The molecule has 0 aromatic heterocycles. The molecule has 0 amide bonds. The van der Waals surface area contributed by atoms with Crippen LogP contribution in [-0.4, -0.2) is 37.0 Å². The van der Waals surface area contributed by atoms with Crippen molar-refractivity contribution >= 4 is 5.96 Å². The largest absolute Gasteiger partial charge is 0.356 e. The Morgan fingerprint density at radius 1 is 1.08 bits per heavy atom. The molecule has 0 radical (unpaired) electrons. The third-order valence-electron chi connectivity index (χ3n) is 2.54. The van der Waals surface area contributed by atoms with Crippen LogP contribution in [0.15, 0.2) is 4.99 Å². The van der Waals surface area contributed by atoms with Crippen LogP contribution in [0.4, 0.5) is 0 Å². The number of nitrogens with zero attached hydrogens (tertiary/aromatic N) is 2. The van der Waals surface area contributed by atoms with Gasteiger partial charge in [-0.3, -0.25) is 4.99 Å². The molecule has 2 aliphatic heterocycles. The normalized spacial score (nSPS) is 24.7. The van der Waals surface area contributed by atoms with E-state index >= 15 is 0 Å². The molecule has 1 fully saturated rings. The van der Waals surface area contributed by atoms with Crippen molar-refractivity contribution in [2.45, 2.75) is 25.7 Å². The highest BCUT2D eigenvalue weighted by molar-refractivity contribution is 5.80. The summed E-state index contributed by atoms with van der Waals surface area (Å²) in [5.41, 5.74) is 0. The number of guanidine groups is 1. The summed E-state index contributed by atoms with van der Waals surface area (Å²) in [7, 11) is 0. The van der Waals surface area contributed by atoms with Crippen LogP contribution < -0.4 is 5.32 Å². The second-order valence-corrected chi connectivity index (χ2v) is 3.53. The van der Waals surface area contributed by atoms with E-state index < -0.39 is 0 Å². The molecule has 1 saturated heterocycles. The van der Waals surface area contributed by atoms with E-state index in [1.807, 2.05) is 0 Å². The van der Waals surface area contributed by atoms with E-state index in [4.69, 9.17) is 0 Å². The molecule has 0 aromatic rings. The summed E-state index contributed by atoms with van der Waals surface area (Å²) >= 11 is 0. The molecule has 3 nitrogen and oxygen atoms in total. The highest BCUT2D eigenvalue weighted by Gasteiger charge is 2.15. The first kappa shape index (κ1) is 7.90. The Hall–Kier alpha value is -0.730. The van der Waals surface area contributed by atoms with Gasteiger partial charge in [-0.25, -0.2) is 0 Å². The van der Waals surface area contributed by atoms with Crippen molar-refractivity contribution in [3.05, 3.63) is 0 Å². The zero-order valence-electron chi connectivity index (χ0n) is 7.55. The summed E-state index contributed by atoms with van der Waals surface area (Å²) < 4.78 is 0. The highest BCUT2D eigenvalue weighted by atomic mass is 15.3. The van der Waals surface area contributed by atoms with Crippen LogP contribution in [0.2, 0.25) is 0 Å². The van der Waals surface area contributed by atoms with Crippen molar-refractivity contribution in [1.29, 1.82) is 0 Å². The van der Waals surface area contributed by atoms with Gasteiger partial charge >= 0.3 is 0 Å². The van der Waals surface area contributed by atoms with E-state index in [9.17, 15) is 0 Å². The molecule has 0 aromatic carbocycles. The lowest BCUT2D eigenvalue weighted by Gasteiger charge is -2.31. The molecule has 0 spiro atoms. The summed E-state index contributed by atoms with van der Waals surface area (Å²) in [6, 6.07) is 0. The molecule has 2 aliphatic rings. The van der Waals surface area contributed by atoms with Gasteiger partial charge in [-0.05, 0) is 25.7 Å². The second kappa shape index (κ2) is 3.78. The van der Waals surface area contributed by atoms with Crippen LogP contribution in [0.1, 0.15) is 25.7 Å². The minimum atomic E-state index is 1.01. The average Bonchev–Trinajstić information content (AvgIpc) is 2.06. The molecule has 0 unspecified atom stereocenters. The molecule has 1 N–H and O–H groups in total. The zero-order valence-corrected chi connectivity index (χ0v) is 7.55. The molecule has 0 bridgehead atoms. The van der Waals surface area contributed by atoms with Gasteiger partial charge in [0.2, 0.25) is 0 Å². The fraction of sp³-hybridized carbons (Fsp3) is 0.889. The molecule has 12 heavy (non-hydrogen) atoms. The highest BCUT2D eigenvalue weighted by Crippen LogP contribution is 2.07. The number of rotatable bonds is 0. The van der Waals surface area contributed by atoms with Crippen molar-refractivity contribution in [2.75, 3.05) is 26.2 Å². The van der Waals surface area contributed by atoms with Gasteiger partial charge in [-0.15, -0.1) is 0 Å².